The van der Waals surface area contributed by atoms with Gasteiger partial charge in [0.2, 0.25) is 0 Å². The molecule has 1 aromatic rings. The van der Waals surface area contributed by atoms with Gasteiger partial charge in [0, 0.05) is 0 Å². The van der Waals surface area contributed by atoms with E-state index in [2.05, 4.69) is 6.92 Å². The molecule has 128 valence electrons. The van der Waals surface area contributed by atoms with Gasteiger partial charge in [0.1, 0.15) is 5.82 Å². The fraction of sp³-hybridized carbons (Fsp3) is 0.727. The Labute approximate surface area is 141 Å². The molecule has 2 saturated carbocycles. The third kappa shape index (κ3) is 4.58. The summed E-state index contributed by atoms with van der Waals surface area (Å²) >= 11 is 0. The fourth-order valence-electron chi connectivity index (χ4n) is 5.10. The molecule has 0 heterocycles. The Bertz CT molecular complexity index is 447. The van der Waals surface area contributed by atoms with Crippen molar-refractivity contribution < 1.29 is 4.39 Å². The predicted molar refractivity (Wildman–Crippen MR) is 96.1 cm³/mol. The van der Waals surface area contributed by atoms with Crippen LogP contribution in [-0.2, 0) is 0 Å². The monoisotopic (exact) mass is 316 g/mol. The quantitative estimate of drug-likeness (QED) is 0.543. The van der Waals surface area contributed by atoms with E-state index in [1.807, 2.05) is 12.1 Å². The van der Waals surface area contributed by atoms with Crippen LogP contribution < -0.4 is 0 Å². The molecule has 1 heteroatoms. The average Bonchev–Trinajstić information content (AvgIpc) is 2.61. The lowest BCUT2D eigenvalue weighted by Gasteiger charge is -2.38. The maximum atomic E-state index is 13.1. The molecule has 0 atom stereocenters. The van der Waals surface area contributed by atoms with E-state index in [0.29, 0.717) is 5.92 Å². The first kappa shape index (κ1) is 17.0. The average molecular weight is 317 g/mol. The molecule has 0 bridgehead atoms. The molecule has 0 aromatic heterocycles. The van der Waals surface area contributed by atoms with Crippen molar-refractivity contribution in [3.05, 3.63) is 35.6 Å². The van der Waals surface area contributed by atoms with Crippen molar-refractivity contribution in [1.82, 2.24) is 0 Å². The maximum absolute atomic E-state index is 13.1. The summed E-state index contributed by atoms with van der Waals surface area (Å²) in [7, 11) is 0. The zero-order chi connectivity index (χ0) is 16.1. The largest absolute Gasteiger partial charge is 0.207 e. The molecule has 23 heavy (non-hydrogen) atoms. The van der Waals surface area contributed by atoms with Gasteiger partial charge in [-0.25, -0.2) is 4.39 Å². The molecular formula is C22H33F. The van der Waals surface area contributed by atoms with E-state index in [1.165, 1.54) is 76.2 Å². The lowest BCUT2D eigenvalue weighted by Crippen LogP contribution is -2.25. The molecular weight excluding hydrogens is 283 g/mol. The van der Waals surface area contributed by atoms with Gasteiger partial charge in [0.25, 0.3) is 0 Å². The first-order valence-corrected chi connectivity index (χ1v) is 10.0. The number of benzene rings is 1. The second kappa shape index (κ2) is 8.31. The topological polar surface area (TPSA) is 0 Å². The molecule has 0 saturated heterocycles. The summed E-state index contributed by atoms with van der Waals surface area (Å²) in [6.07, 6.45) is 15.6. The van der Waals surface area contributed by atoms with Crippen LogP contribution in [0.5, 0.6) is 0 Å². The Morgan fingerprint density at radius 1 is 0.826 bits per heavy atom. The third-order valence-corrected chi connectivity index (χ3v) is 6.64. The summed E-state index contributed by atoms with van der Waals surface area (Å²) in [4.78, 5) is 0. The van der Waals surface area contributed by atoms with Gasteiger partial charge in [-0.3, -0.25) is 0 Å². The Balaban J connectivity index is 1.43. The van der Waals surface area contributed by atoms with Gasteiger partial charge in [-0.05, 0) is 79.9 Å². The van der Waals surface area contributed by atoms with E-state index in [9.17, 15) is 4.39 Å². The molecule has 0 aliphatic heterocycles. The highest BCUT2D eigenvalue weighted by Crippen LogP contribution is 2.44. The summed E-state index contributed by atoms with van der Waals surface area (Å²) < 4.78 is 13.1. The molecule has 0 amide bonds. The first-order valence-electron chi connectivity index (χ1n) is 10.0. The Morgan fingerprint density at radius 2 is 1.39 bits per heavy atom. The molecule has 2 aliphatic rings. The second-order valence-electron chi connectivity index (χ2n) is 8.09. The number of hydrogen-bond donors (Lipinski definition) is 0. The van der Waals surface area contributed by atoms with E-state index in [4.69, 9.17) is 0 Å². The normalized spacial score (nSPS) is 31.9. The van der Waals surface area contributed by atoms with E-state index in [1.54, 1.807) is 12.1 Å². The SMILES string of the molecule is CCCC[C@H]1CC[C@H]([C@H]2CC[C@H](c3ccc(F)cc3)CC2)CC1. The predicted octanol–water partition coefficient (Wildman–Crippen LogP) is 7.10. The van der Waals surface area contributed by atoms with E-state index < -0.39 is 0 Å². The molecule has 0 radical (unpaired) electrons. The Kier molecular flexibility index (Phi) is 6.14. The summed E-state index contributed by atoms with van der Waals surface area (Å²) in [5.74, 6) is 3.57. The van der Waals surface area contributed by atoms with Crippen LogP contribution in [0.3, 0.4) is 0 Å². The lowest BCUT2D eigenvalue weighted by molar-refractivity contribution is 0.156. The van der Waals surface area contributed by atoms with Crippen molar-refractivity contribution in [3.63, 3.8) is 0 Å². The number of halogens is 1. The number of rotatable bonds is 5. The second-order valence-corrected chi connectivity index (χ2v) is 8.09. The van der Waals surface area contributed by atoms with Crippen LogP contribution in [0.25, 0.3) is 0 Å². The summed E-state index contributed by atoms with van der Waals surface area (Å²) in [5.41, 5.74) is 1.35. The number of unbranched alkanes of at least 4 members (excludes halogenated alkanes) is 1. The Hall–Kier alpha value is -0.850. The van der Waals surface area contributed by atoms with E-state index in [-0.39, 0.29) is 5.82 Å². The van der Waals surface area contributed by atoms with Crippen molar-refractivity contribution in [3.8, 4) is 0 Å². The van der Waals surface area contributed by atoms with Crippen LogP contribution in [0.4, 0.5) is 4.39 Å². The molecule has 2 fully saturated rings. The van der Waals surface area contributed by atoms with Gasteiger partial charge in [0.15, 0.2) is 0 Å². The van der Waals surface area contributed by atoms with Gasteiger partial charge in [0.05, 0.1) is 0 Å². The van der Waals surface area contributed by atoms with E-state index in [0.717, 1.165) is 17.8 Å². The van der Waals surface area contributed by atoms with Crippen molar-refractivity contribution >= 4 is 0 Å². The minimum absolute atomic E-state index is 0.109. The first-order chi connectivity index (χ1) is 11.3. The smallest absolute Gasteiger partial charge is 0.123 e. The molecule has 3 rings (SSSR count). The molecule has 0 spiro atoms. The van der Waals surface area contributed by atoms with Gasteiger partial charge in [-0.2, -0.15) is 0 Å². The molecule has 0 nitrogen and oxygen atoms in total. The summed E-state index contributed by atoms with van der Waals surface area (Å²) in [5, 5.41) is 0. The highest BCUT2D eigenvalue weighted by atomic mass is 19.1. The van der Waals surface area contributed by atoms with Gasteiger partial charge >= 0.3 is 0 Å². The summed E-state index contributed by atoms with van der Waals surface area (Å²) in [6, 6.07) is 7.25. The van der Waals surface area contributed by atoms with Crippen LogP contribution in [0.1, 0.15) is 89.0 Å². The van der Waals surface area contributed by atoms with Crippen LogP contribution >= 0.6 is 0 Å². The summed E-state index contributed by atoms with van der Waals surface area (Å²) in [6.45, 7) is 2.31. The highest BCUT2D eigenvalue weighted by molar-refractivity contribution is 5.20. The van der Waals surface area contributed by atoms with Crippen molar-refractivity contribution in [2.24, 2.45) is 17.8 Å². The van der Waals surface area contributed by atoms with Crippen LogP contribution in [0, 0.1) is 23.6 Å². The lowest BCUT2D eigenvalue weighted by atomic mass is 9.68. The fourth-order valence-corrected chi connectivity index (χ4v) is 5.10. The maximum Gasteiger partial charge on any atom is 0.123 e. The molecule has 2 aliphatic carbocycles. The van der Waals surface area contributed by atoms with Gasteiger partial charge in [-0.1, -0.05) is 51.2 Å². The standard InChI is InChI=1S/C22H33F/c1-2-3-4-17-5-7-18(8-6-17)19-9-11-20(12-10-19)21-13-15-22(23)16-14-21/h13-20H,2-12H2,1H3/t17-,18-,19-,20-. The third-order valence-electron chi connectivity index (χ3n) is 6.64. The molecule has 0 N–H and O–H groups in total. The zero-order valence-electron chi connectivity index (χ0n) is 14.8. The van der Waals surface area contributed by atoms with Gasteiger partial charge in [-0.15, -0.1) is 0 Å². The van der Waals surface area contributed by atoms with Gasteiger partial charge < -0.3 is 0 Å². The van der Waals surface area contributed by atoms with Crippen molar-refractivity contribution in [1.29, 1.82) is 0 Å². The highest BCUT2D eigenvalue weighted by Gasteiger charge is 2.31. The Morgan fingerprint density at radius 3 is 1.96 bits per heavy atom. The van der Waals surface area contributed by atoms with Crippen molar-refractivity contribution in [2.45, 2.75) is 83.5 Å². The minimum atomic E-state index is -0.109. The van der Waals surface area contributed by atoms with Crippen LogP contribution in [0.15, 0.2) is 24.3 Å². The van der Waals surface area contributed by atoms with Crippen LogP contribution in [-0.4, -0.2) is 0 Å². The zero-order valence-corrected chi connectivity index (χ0v) is 14.8. The van der Waals surface area contributed by atoms with Crippen LogP contribution in [0.2, 0.25) is 0 Å². The molecule has 1 aromatic carbocycles. The number of hydrogen-bond acceptors (Lipinski definition) is 0. The minimum Gasteiger partial charge on any atom is -0.207 e. The molecule has 0 unspecified atom stereocenters. The van der Waals surface area contributed by atoms with Crippen molar-refractivity contribution in [2.75, 3.05) is 0 Å². The van der Waals surface area contributed by atoms with E-state index >= 15 is 0 Å².